The highest BCUT2D eigenvalue weighted by Crippen LogP contribution is 2.18. The van der Waals surface area contributed by atoms with Gasteiger partial charge in [0, 0.05) is 43.0 Å². The van der Waals surface area contributed by atoms with Gasteiger partial charge in [-0.2, -0.15) is 0 Å². The van der Waals surface area contributed by atoms with Crippen LogP contribution in [-0.2, 0) is 0 Å². The third-order valence-electron chi connectivity index (χ3n) is 4.28. The van der Waals surface area contributed by atoms with Gasteiger partial charge in [-0.1, -0.05) is 24.6 Å². The lowest BCUT2D eigenvalue weighted by Crippen LogP contribution is -2.46. The quantitative estimate of drug-likeness (QED) is 0.909. The Hall–Kier alpha value is -2.18. The molecule has 1 aliphatic rings. The number of carbonyl (C=O) groups excluding carboxylic acids is 1. The van der Waals surface area contributed by atoms with Gasteiger partial charge in [0.05, 0.1) is 0 Å². The predicted molar refractivity (Wildman–Crippen MR) is 101 cm³/mol. The average molecular weight is 360 g/mol. The van der Waals surface area contributed by atoms with Crippen molar-refractivity contribution in [2.24, 2.45) is 0 Å². The van der Waals surface area contributed by atoms with Gasteiger partial charge in [0.25, 0.3) is 5.91 Å². The van der Waals surface area contributed by atoms with Crippen LogP contribution < -0.4 is 10.2 Å². The number of nitrogens with zero attached hydrogens (tertiary/aromatic N) is 4. The summed E-state index contributed by atoms with van der Waals surface area (Å²) in [5.41, 5.74) is 1.01. The highest BCUT2D eigenvalue weighted by atomic mass is 35.5. The molecule has 2 aromatic rings. The molecule has 1 fully saturated rings. The van der Waals surface area contributed by atoms with Crippen LogP contribution in [0.2, 0.25) is 5.02 Å². The molecule has 7 heteroatoms. The van der Waals surface area contributed by atoms with E-state index in [9.17, 15) is 4.79 Å². The number of hydrogen-bond acceptors (Lipinski definition) is 5. The lowest BCUT2D eigenvalue weighted by molar-refractivity contribution is 0.102. The highest BCUT2D eigenvalue weighted by molar-refractivity contribution is 6.30. The topological polar surface area (TPSA) is 61.4 Å². The first-order valence-corrected chi connectivity index (χ1v) is 8.83. The van der Waals surface area contributed by atoms with Gasteiger partial charge in [-0.05, 0) is 31.7 Å². The number of halogens is 1. The number of amides is 1. The van der Waals surface area contributed by atoms with Crippen molar-refractivity contribution >= 4 is 29.0 Å². The van der Waals surface area contributed by atoms with Gasteiger partial charge in [0.15, 0.2) is 0 Å². The second kappa shape index (κ2) is 7.80. The van der Waals surface area contributed by atoms with Crippen LogP contribution in [0.3, 0.4) is 0 Å². The zero-order chi connectivity index (χ0) is 17.8. The van der Waals surface area contributed by atoms with E-state index in [1.54, 1.807) is 30.3 Å². The molecule has 1 amide bonds. The van der Waals surface area contributed by atoms with E-state index in [1.165, 1.54) is 0 Å². The number of nitrogens with one attached hydrogen (secondary N) is 1. The number of rotatable bonds is 4. The van der Waals surface area contributed by atoms with Crippen LogP contribution in [0.4, 0.5) is 11.5 Å². The monoisotopic (exact) mass is 359 g/mol. The van der Waals surface area contributed by atoms with Gasteiger partial charge >= 0.3 is 0 Å². The number of benzene rings is 1. The fraction of sp³-hybridized carbons (Fsp3) is 0.389. The summed E-state index contributed by atoms with van der Waals surface area (Å²) < 4.78 is 0. The second-order valence-corrected chi connectivity index (χ2v) is 6.48. The molecule has 25 heavy (non-hydrogen) atoms. The summed E-state index contributed by atoms with van der Waals surface area (Å²) in [7, 11) is 0. The van der Waals surface area contributed by atoms with E-state index in [-0.39, 0.29) is 5.91 Å². The molecule has 1 aromatic heterocycles. The van der Waals surface area contributed by atoms with Crippen molar-refractivity contribution in [3.05, 3.63) is 46.9 Å². The fourth-order valence-corrected chi connectivity index (χ4v) is 3.08. The van der Waals surface area contributed by atoms with E-state index in [2.05, 4.69) is 32.0 Å². The minimum atomic E-state index is -0.263. The molecule has 0 bridgehead atoms. The molecule has 0 atom stereocenters. The van der Waals surface area contributed by atoms with E-state index in [1.807, 2.05) is 6.92 Å². The largest absolute Gasteiger partial charge is 0.354 e. The number of anilines is 2. The minimum Gasteiger partial charge on any atom is -0.354 e. The first kappa shape index (κ1) is 17.6. The standard InChI is InChI=1S/C18H22ClN5O/c1-3-23-7-9-24(10-8-23)17-12-16(20-13(2)21-17)18(25)22-15-6-4-5-14(19)11-15/h4-6,11-12H,3,7-10H2,1-2H3,(H,22,25). The van der Waals surface area contributed by atoms with Crippen LogP contribution in [0.15, 0.2) is 30.3 Å². The first-order valence-electron chi connectivity index (χ1n) is 8.45. The Morgan fingerprint density at radius 2 is 1.96 bits per heavy atom. The van der Waals surface area contributed by atoms with Gasteiger partial charge < -0.3 is 15.1 Å². The van der Waals surface area contributed by atoms with E-state index in [4.69, 9.17) is 11.6 Å². The maximum Gasteiger partial charge on any atom is 0.274 e. The van der Waals surface area contributed by atoms with Crippen molar-refractivity contribution in [1.82, 2.24) is 14.9 Å². The van der Waals surface area contributed by atoms with Crippen molar-refractivity contribution in [3.63, 3.8) is 0 Å². The van der Waals surface area contributed by atoms with Crippen LogP contribution >= 0.6 is 11.6 Å². The molecule has 0 aliphatic carbocycles. The maximum atomic E-state index is 12.5. The molecule has 6 nitrogen and oxygen atoms in total. The second-order valence-electron chi connectivity index (χ2n) is 6.04. The lowest BCUT2D eigenvalue weighted by Gasteiger charge is -2.34. The van der Waals surface area contributed by atoms with Crippen molar-refractivity contribution in [2.75, 3.05) is 42.9 Å². The van der Waals surface area contributed by atoms with E-state index < -0.39 is 0 Å². The molecule has 3 rings (SSSR count). The Morgan fingerprint density at radius 1 is 1.20 bits per heavy atom. The summed E-state index contributed by atoms with van der Waals surface area (Å²) in [4.78, 5) is 25.9. The third-order valence-corrected chi connectivity index (χ3v) is 4.52. The van der Waals surface area contributed by atoms with Crippen molar-refractivity contribution in [3.8, 4) is 0 Å². The summed E-state index contributed by atoms with van der Waals surface area (Å²) in [5, 5.41) is 3.41. The fourth-order valence-electron chi connectivity index (χ4n) is 2.88. The van der Waals surface area contributed by atoms with E-state index in [0.29, 0.717) is 22.2 Å². The van der Waals surface area contributed by atoms with Crippen molar-refractivity contribution in [1.29, 1.82) is 0 Å². The lowest BCUT2D eigenvalue weighted by atomic mass is 10.2. The van der Waals surface area contributed by atoms with Crippen LogP contribution in [-0.4, -0.2) is 53.5 Å². The molecule has 0 saturated carbocycles. The Bertz CT molecular complexity index is 759. The molecule has 1 N–H and O–H groups in total. The number of carbonyl (C=O) groups is 1. The van der Waals surface area contributed by atoms with Crippen molar-refractivity contribution < 1.29 is 4.79 Å². The number of hydrogen-bond donors (Lipinski definition) is 1. The number of piperazine rings is 1. The number of likely N-dealkylation sites (N-methyl/N-ethyl adjacent to an activating group) is 1. The molecule has 2 heterocycles. The third kappa shape index (κ3) is 4.46. The SMILES string of the molecule is CCN1CCN(c2cc(C(=O)Nc3cccc(Cl)c3)nc(C)n2)CC1. The average Bonchev–Trinajstić information content (AvgIpc) is 2.61. The minimum absolute atomic E-state index is 0.263. The Morgan fingerprint density at radius 3 is 2.64 bits per heavy atom. The smallest absolute Gasteiger partial charge is 0.274 e. The Kier molecular flexibility index (Phi) is 5.50. The summed E-state index contributed by atoms with van der Waals surface area (Å²) >= 11 is 5.96. The van der Waals surface area contributed by atoms with Gasteiger partial charge in [-0.15, -0.1) is 0 Å². The number of aromatic nitrogens is 2. The van der Waals surface area contributed by atoms with Crippen LogP contribution in [0.5, 0.6) is 0 Å². The van der Waals surface area contributed by atoms with Crippen molar-refractivity contribution in [2.45, 2.75) is 13.8 Å². The summed E-state index contributed by atoms with van der Waals surface area (Å²) in [6.07, 6.45) is 0. The maximum absolute atomic E-state index is 12.5. The summed E-state index contributed by atoms with van der Waals surface area (Å²) in [6, 6.07) is 8.82. The number of aryl methyl sites for hydroxylation is 1. The molecule has 0 unspecified atom stereocenters. The Labute approximate surface area is 152 Å². The van der Waals surface area contributed by atoms with Gasteiger partial charge in [-0.3, -0.25) is 4.79 Å². The molecule has 1 aliphatic heterocycles. The Balaban J connectivity index is 1.76. The molecule has 0 spiro atoms. The van der Waals surface area contributed by atoms with E-state index >= 15 is 0 Å². The van der Waals surface area contributed by atoms with Gasteiger partial charge in [0.2, 0.25) is 0 Å². The molecule has 132 valence electrons. The predicted octanol–water partition coefficient (Wildman–Crippen LogP) is 2.83. The highest BCUT2D eigenvalue weighted by Gasteiger charge is 2.19. The van der Waals surface area contributed by atoms with Crippen LogP contribution in [0.25, 0.3) is 0 Å². The van der Waals surface area contributed by atoms with Crippen LogP contribution in [0.1, 0.15) is 23.2 Å². The summed E-state index contributed by atoms with van der Waals surface area (Å²) in [6.45, 7) is 8.85. The molecule has 1 saturated heterocycles. The zero-order valence-corrected chi connectivity index (χ0v) is 15.3. The molecular formula is C18H22ClN5O. The first-order chi connectivity index (χ1) is 12.0. The molecule has 0 radical (unpaired) electrons. The summed E-state index contributed by atoms with van der Waals surface area (Å²) in [5.74, 6) is 1.13. The van der Waals surface area contributed by atoms with E-state index in [0.717, 1.165) is 38.5 Å². The van der Waals surface area contributed by atoms with Gasteiger partial charge in [-0.25, -0.2) is 9.97 Å². The zero-order valence-electron chi connectivity index (χ0n) is 14.5. The molecular weight excluding hydrogens is 338 g/mol. The van der Waals surface area contributed by atoms with Crippen LogP contribution in [0, 0.1) is 6.92 Å². The molecule has 1 aromatic carbocycles. The van der Waals surface area contributed by atoms with Gasteiger partial charge in [0.1, 0.15) is 17.3 Å². The normalized spacial score (nSPS) is 15.2.